The van der Waals surface area contributed by atoms with Crippen molar-refractivity contribution in [2.75, 3.05) is 68.5 Å². The average molecular weight is 820 g/mol. The van der Waals surface area contributed by atoms with Gasteiger partial charge in [0.2, 0.25) is 0 Å². The maximum absolute atomic E-state index is 3.42. The van der Waals surface area contributed by atoms with Crippen molar-refractivity contribution in [3.63, 3.8) is 0 Å². The summed E-state index contributed by atoms with van der Waals surface area (Å²) in [6.07, 6.45) is 5.34. The van der Waals surface area contributed by atoms with Gasteiger partial charge in [-0.1, -0.05) is 108 Å². The Morgan fingerprint density at radius 1 is 0.431 bits per heavy atom. The molecule has 1 N–H and O–H groups in total. The molecule has 6 aromatic rings. The lowest BCUT2D eigenvalue weighted by Crippen LogP contribution is -2.38. The average Bonchev–Trinajstić information content (AvgIpc) is 3.26. The molecule has 0 spiro atoms. The van der Waals surface area contributed by atoms with E-state index in [-0.39, 0.29) is 0 Å². The van der Waals surface area contributed by atoms with E-state index < -0.39 is 0 Å². The Hall–Kier alpha value is -4.31. The van der Waals surface area contributed by atoms with Crippen molar-refractivity contribution in [3.8, 4) is 0 Å². The molecule has 0 aromatic heterocycles. The zero-order valence-electron chi connectivity index (χ0n) is 33.6. The number of anilines is 6. The van der Waals surface area contributed by atoms with Crippen LogP contribution in [0.3, 0.4) is 0 Å². The van der Waals surface area contributed by atoms with E-state index in [1.807, 2.05) is 35.3 Å². The molecule has 0 aliphatic carbocycles. The van der Waals surface area contributed by atoms with Crippen LogP contribution in [0.1, 0.15) is 25.7 Å². The highest BCUT2D eigenvalue weighted by atomic mass is 32.2. The molecule has 5 aliphatic heterocycles. The highest BCUT2D eigenvalue weighted by Gasteiger charge is 2.28. The Morgan fingerprint density at radius 2 is 0.741 bits per heavy atom. The van der Waals surface area contributed by atoms with Gasteiger partial charge in [0.15, 0.2) is 0 Å². The van der Waals surface area contributed by atoms with E-state index in [2.05, 4.69) is 185 Å². The SMILES string of the molecule is CN1CCCC(CN2c3ccccc3Sc3ccccc32)C1.CN1CCC[C@H](CN2c3ccccc3Sc3ccccc32)C1.c1ccc2c(c1)Nc1ccccc1S2. The molecule has 2 atom stereocenters. The van der Waals surface area contributed by atoms with Gasteiger partial charge in [-0.05, 0) is 138 Å². The molecule has 11 rings (SSSR count). The third-order valence-electron chi connectivity index (χ3n) is 11.7. The second kappa shape index (κ2) is 18.3. The first-order valence-corrected chi connectivity index (χ1v) is 23.3. The number of fused-ring (bicyclic) bond motifs is 6. The van der Waals surface area contributed by atoms with Crippen LogP contribution in [-0.4, -0.2) is 63.2 Å². The highest BCUT2D eigenvalue weighted by Crippen LogP contribution is 2.50. The fourth-order valence-electron chi connectivity index (χ4n) is 8.90. The van der Waals surface area contributed by atoms with Crippen LogP contribution >= 0.6 is 35.3 Å². The zero-order chi connectivity index (χ0) is 39.3. The molecule has 58 heavy (non-hydrogen) atoms. The van der Waals surface area contributed by atoms with E-state index in [9.17, 15) is 0 Å². The van der Waals surface area contributed by atoms with Crippen molar-refractivity contribution in [2.45, 2.75) is 55.1 Å². The lowest BCUT2D eigenvalue weighted by atomic mass is 9.97. The second-order valence-corrected chi connectivity index (χ2v) is 19.3. The van der Waals surface area contributed by atoms with Crippen molar-refractivity contribution in [2.24, 2.45) is 11.8 Å². The smallest absolute Gasteiger partial charge is 0.0552 e. The van der Waals surface area contributed by atoms with Gasteiger partial charge in [-0.3, -0.25) is 0 Å². The molecule has 0 bridgehead atoms. The zero-order valence-corrected chi connectivity index (χ0v) is 36.0. The summed E-state index contributed by atoms with van der Waals surface area (Å²) in [5, 5.41) is 3.42. The summed E-state index contributed by atoms with van der Waals surface area (Å²) >= 11 is 5.61. The van der Waals surface area contributed by atoms with Crippen LogP contribution in [0.25, 0.3) is 0 Å². The van der Waals surface area contributed by atoms with Crippen LogP contribution in [0.15, 0.2) is 175 Å². The normalized spacial score (nSPS) is 19.2. The van der Waals surface area contributed by atoms with E-state index in [1.54, 1.807) is 0 Å². The van der Waals surface area contributed by atoms with Gasteiger partial charge >= 0.3 is 0 Å². The van der Waals surface area contributed by atoms with Crippen molar-refractivity contribution in [1.82, 2.24) is 9.80 Å². The molecule has 5 nitrogen and oxygen atoms in total. The topological polar surface area (TPSA) is 25.0 Å². The number of hydrogen-bond acceptors (Lipinski definition) is 8. The van der Waals surface area contributed by atoms with Crippen molar-refractivity contribution >= 4 is 69.4 Å². The molecular weight excluding hydrogens is 767 g/mol. The Kier molecular flexibility index (Phi) is 12.4. The van der Waals surface area contributed by atoms with Crippen LogP contribution in [0.4, 0.5) is 34.1 Å². The number of nitrogens with zero attached hydrogens (tertiary/aromatic N) is 4. The summed E-state index contributed by atoms with van der Waals surface area (Å²) in [6, 6.07) is 52.0. The van der Waals surface area contributed by atoms with Gasteiger partial charge in [0.25, 0.3) is 0 Å². The number of nitrogens with one attached hydrogen (secondary N) is 1. The number of likely N-dealkylation sites (tertiary alicyclic amines) is 2. The molecule has 5 heterocycles. The van der Waals surface area contributed by atoms with Crippen molar-refractivity contribution in [1.29, 1.82) is 0 Å². The third-order valence-corrected chi connectivity index (χ3v) is 15.1. The predicted octanol–water partition coefficient (Wildman–Crippen LogP) is 13.2. The quantitative estimate of drug-likeness (QED) is 0.188. The van der Waals surface area contributed by atoms with Gasteiger partial charge < -0.3 is 24.9 Å². The summed E-state index contributed by atoms with van der Waals surface area (Å²) in [7, 11) is 4.50. The minimum Gasteiger partial charge on any atom is -0.354 e. The Morgan fingerprint density at radius 3 is 1.10 bits per heavy atom. The molecule has 8 heteroatoms. The maximum atomic E-state index is 3.42. The van der Waals surface area contributed by atoms with E-state index in [0.29, 0.717) is 0 Å². The summed E-state index contributed by atoms with van der Waals surface area (Å²) in [5.74, 6) is 1.51. The van der Waals surface area contributed by atoms with Gasteiger partial charge in [0, 0.05) is 55.6 Å². The lowest BCUT2D eigenvalue weighted by molar-refractivity contribution is 0.214. The van der Waals surface area contributed by atoms with Gasteiger partial charge in [-0.25, -0.2) is 0 Å². The van der Waals surface area contributed by atoms with Crippen LogP contribution in [0.2, 0.25) is 0 Å². The molecule has 2 fully saturated rings. The Balaban J connectivity index is 0.000000116. The van der Waals surface area contributed by atoms with Gasteiger partial charge in [0.05, 0.1) is 34.1 Å². The molecule has 1 unspecified atom stereocenters. The van der Waals surface area contributed by atoms with Crippen LogP contribution in [0, 0.1) is 11.8 Å². The van der Waals surface area contributed by atoms with Crippen LogP contribution < -0.4 is 15.1 Å². The summed E-state index contributed by atoms with van der Waals surface area (Å²) in [5.41, 5.74) is 7.91. The third kappa shape index (κ3) is 8.97. The van der Waals surface area contributed by atoms with Gasteiger partial charge in [0.1, 0.15) is 0 Å². The molecule has 0 amide bonds. The van der Waals surface area contributed by atoms with Crippen molar-refractivity contribution < 1.29 is 0 Å². The molecule has 5 aliphatic rings. The van der Waals surface area contributed by atoms with E-state index >= 15 is 0 Å². The van der Waals surface area contributed by atoms with Gasteiger partial charge in [-0.2, -0.15) is 0 Å². The van der Waals surface area contributed by atoms with Gasteiger partial charge in [-0.15, -0.1) is 0 Å². The minimum absolute atomic E-state index is 0.753. The Bertz CT molecular complexity index is 2040. The second-order valence-electron chi connectivity index (χ2n) is 16.1. The summed E-state index contributed by atoms with van der Waals surface area (Å²) in [6.45, 7) is 7.18. The monoisotopic (exact) mass is 819 g/mol. The number of piperidine rings is 2. The molecule has 0 saturated carbocycles. The summed E-state index contributed by atoms with van der Waals surface area (Å²) < 4.78 is 0. The first kappa shape index (κ1) is 39.2. The van der Waals surface area contributed by atoms with Crippen LogP contribution in [-0.2, 0) is 0 Å². The fraction of sp³-hybridized carbons (Fsp3) is 0.280. The molecular formula is C50H53N5S3. The van der Waals surface area contributed by atoms with E-state index in [4.69, 9.17) is 0 Å². The largest absolute Gasteiger partial charge is 0.354 e. The fourth-order valence-corrected chi connectivity index (χ4v) is 12.1. The molecule has 296 valence electrons. The van der Waals surface area contributed by atoms with E-state index in [0.717, 1.165) is 24.9 Å². The maximum Gasteiger partial charge on any atom is 0.0552 e. The molecule has 0 radical (unpaired) electrons. The first-order chi connectivity index (χ1) is 28.6. The minimum atomic E-state index is 0.753. The highest BCUT2D eigenvalue weighted by molar-refractivity contribution is 8.00. The standard InChI is InChI=1S/2C19H22N2S.C12H9NS/c2*1-20-12-6-7-15(13-20)14-21-16-8-2-4-10-18(16)22-19-11-5-3-9-17(19)21;1-3-7-11-9(5-1)13-10-6-2-4-8-12(10)14-11/h2*2-5,8-11,15H,6-7,12-14H2,1H3;1-8,13H/t15-;;/m0../s1. The van der Waals surface area contributed by atoms with Crippen LogP contribution in [0.5, 0.6) is 0 Å². The first-order valence-electron chi connectivity index (χ1n) is 20.8. The van der Waals surface area contributed by atoms with Crippen molar-refractivity contribution in [3.05, 3.63) is 146 Å². The predicted molar refractivity (Wildman–Crippen MR) is 249 cm³/mol. The number of rotatable bonds is 4. The number of hydrogen-bond donors (Lipinski definition) is 1. The Labute approximate surface area is 358 Å². The molecule has 2 saturated heterocycles. The lowest BCUT2D eigenvalue weighted by Gasteiger charge is -2.38. The number of para-hydroxylation sites is 6. The molecule has 6 aromatic carbocycles. The van der Waals surface area contributed by atoms with E-state index in [1.165, 1.54) is 115 Å². The number of benzene rings is 6. The summed E-state index contributed by atoms with van der Waals surface area (Å²) in [4.78, 5) is 18.2.